The van der Waals surface area contributed by atoms with Gasteiger partial charge in [-0.25, -0.2) is 0 Å². The Morgan fingerprint density at radius 1 is 0.531 bits per heavy atom. The van der Waals surface area contributed by atoms with Crippen LogP contribution in [0.2, 0.25) is 0 Å². The van der Waals surface area contributed by atoms with Crippen LogP contribution in [-0.2, 0) is 28.4 Å². The normalized spacial score (nSPS) is 11.2. The van der Waals surface area contributed by atoms with Gasteiger partial charge in [-0.15, -0.1) is 0 Å². The van der Waals surface area contributed by atoms with Crippen LogP contribution in [-0.4, -0.2) is 85.9 Å². The van der Waals surface area contributed by atoms with Gasteiger partial charge < -0.3 is 38.9 Å². The lowest BCUT2D eigenvalue weighted by Gasteiger charge is -2.09. The molecule has 0 spiro atoms. The third kappa shape index (κ3) is 18.2. The maximum Gasteiger partial charge on any atom is 0.142 e. The molecule has 1 rings (SSSR count). The van der Waals surface area contributed by atoms with Crippen molar-refractivity contribution in [1.29, 1.82) is 0 Å². The highest BCUT2D eigenvalue weighted by Crippen LogP contribution is 2.19. The molecular weight excluding hydrogens is 414 g/mol. The highest BCUT2D eigenvalue weighted by Gasteiger charge is 1.98. The molecule has 0 fully saturated rings. The Balaban J connectivity index is 1.68. The third-order valence-corrected chi connectivity index (χ3v) is 4.41. The summed E-state index contributed by atoms with van der Waals surface area (Å²) >= 11 is 0. The number of hydrogen-bond acceptors (Lipinski definition) is 8. The van der Waals surface area contributed by atoms with Crippen molar-refractivity contribution in [3.05, 3.63) is 24.3 Å². The van der Waals surface area contributed by atoms with Gasteiger partial charge in [-0.1, -0.05) is 38.3 Å². The van der Waals surface area contributed by atoms with Gasteiger partial charge in [0, 0.05) is 6.61 Å². The first-order chi connectivity index (χ1) is 15.8. The number of benzene rings is 1. The van der Waals surface area contributed by atoms with E-state index in [-0.39, 0.29) is 0 Å². The van der Waals surface area contributed by atoms with Gasteiger partial charge in [0.1, 0.15) is 12.4 Å². The highest BCUT2D eigenvalue weighted by atomic mass is 16.6. The van der Waals surface area contributed by atoms with E-state index in [2.05, 4.69) is 6.92 Å². The minimum Gasteiger partial charge on any atom is -0.489 e. The molecule has 186 valence electrons. The van der Waals surface area contributed by atoms with E-state index >= 15 is 0 Å². The van der Waals surface area contributed by atoms with Crippen molar-refractivity contribution in [3.8, 4) is 5.75 Å². The van der Waals surface area contributed by atoms with Gasteiger partial charge in [0.15, 0.2) is 0 Å². The van der Waals surface area contributed by atoms with Crippen LogP contribution < -0.4 is 10.5 Å². The molecule has 0 saturated heterocycles. The second-order valence-corrected chi connectivity index (χ2v) is 7.12. The summed E-state index contributed by atoms with van der Waals surface area (Å²) in [6.07, 6.45) is 4.92. The van der Waals surface area contributed by atoms with E-state index in [0.717, 1.165) is 13.0 Å². The zero-order chi connectivity index (χ0) is 23.0. The van der Waals surface area contributed by atoms with Gasteiger partial charge in [0.05, 0.1) is 78.4 Å². The van der Waals surface area contributed by atoms with Gasteiger partial charge >= 0.3 is 0 Å². The zero-order valence-electron chi connectivity index (χ0n) is 19.8. The smallest absolute Gasteiger partial charge is 0.142 e. The van der Waals surface area contributed by atoms with Crippen molar-refractivity contribution in [2.45, 2.75) is 32.6 Å². The van der Waals surface area contributed by atoms with Gasteiger partial charge in [0.2, 0.25) is 0 Å². The van der Waals surface area contributed by atoms with Gasteiger partial charge in [0.25, 0.3) is 0 Å². The van der Waals surface area contributed by atoms with E-state index in [1.54, 1.807) is 6.07 Å². The summed E-state index contributed by atoms with van der Waals surface area (Å²) < 4.78 is 38.3. The lowest BCUT2D eigenvalue weighted by Crippen LogP contribution is -2.15. The first-order valence-electron chi connectivity index (χ1n) is 11.8. The van der Waals surface area contributed by atoms with E-state index in [1.165, 1.54) is 19.3 Å². The number of nitrogen functional groups attached to an aromatic ring is 1. The zero-order valence-corrected chi connectivity index (χ0v) is 19.8. The fourth-order valence-corrected chi connectivity index (χ4v) is 2.66. The quantitative estimate of drug-likeness (QED) is 0.187. The highest BCUT2D eigenvalue weighted by molar-refractivity contribution is 5.51. The molecule has 0 heterocycles. The van der Waals surface area contributed by atoms with E-state index in [4.69, 9.17) is 38.9 Å². The van der Waals surface area contributed by atoms with Crippen molar-refractivity contribution in [3.63, 3.8) is 0 Å². The van der Waals surface area contributed by atoms with Crippen molar-refractivity contribution < 1.29 is 33.2 Å². The summed E-state index contributed by atoms with van der Waals surface area (Å²) in [6.45, 7) is 9.57. The molecule has 1 aromatic rings. The summed E-state index contributed by atoms with van der Waals surface area (Å²) in [5, 5.41) is 0. The Kier molecular flexibility index (Phi) is 20.4. The van der Waals surface area contributed by atoms with Crippen LogP contribution in [0, 0.1) is 0 Å². The minimum atomic E-state index is 0.454. The molecule has 0 aliphatic rings. The SMILES string of the molecule is CCCCCCOCCOCCOCCOCCOCCOCCOc1ccccc1N. The molecule has 0 amide bonds. The molecule has 0 unspecified atom stereocenters. The van der Waals surface area contributed by atoms with Gasteiger partial charge in [-0.05, 0) is 18.6 Å². The van der Waals surface area contributed by atoms with Crippen molar-refractivity contribution in [2.24, 2.45) is 0 Å². The Morgan fingerprint density at radius 3 is 1.44 bits per heavy atom. The molecule has 0 atom stereocenters. The number of hydrogen-bond donors (Lipinski definition) is 1. The summed E-state index contributed by atoms with van der Waals surface area (Å²) in [7, 11) is 0. The molecule has 32 heavy (non-hydrogen) atoms. The summed E-state index contributed by atoms with van der Waals surface area (Å²) in [4.78, 5) is 0. The van der Waals surface area contributed by atoms with Crippen LogP contribution in [0.4, 0.5) is 5.69 Å². The number of para-hydroxylation sites is 2. The Hall–Kier alpha value is -1.42. The monoisotopic (exact) mass is 457 g/mol. The van der Waals surface area contributed by atoms with Crippen LogP contribution in [0.1, 0.15) is 32.6 Å². The van der Waals surface area contributed by atoms with Crippen LogP contribution >= 0.6 is 0 Å². The second kappa shape index (κ2) is 22.8. The first-order valence-corrected chi connectivity index (χ1v) is 11.8. The van der Waals surface area contributed by atoms with Crippen LogP contribution in [0.3, 0.4) is 0 Å². The molecule has 1 aromatic carbocycles. The molecular formula is C24H43NO7. The first kappa shape index (κ1) is 28.6. The predicted molar refractivity (Wildman–Crippen MR) is 125 cm³/mol. The number of ether oxygens (including phenoxy) is 7. The van der Waals surface area contributed by atoms with Crippen molar-refractivity contribution in [2.75, 3.05) is 91.6 Å². The van der Waals surface area contributed by atoms with Crippen molar-refractivity contribution >= 4 is 5.69 Å². The second-order valence-electron chi connectivity index (χ2n) is 7.12. The van der Waals surface area contributed by atoms with Crippen LogP contribution in [0.25, 0.3) is 0 Å². The molecule has 0 saturated carbocycles. The lowest BCUT2D eigenvalue weighted by molar-refractivity contribution is -0.0179. The van der Waals surface area contributed by atoms with Crippen LogP contribution in [0.15, 0.2) is 24.3 Å². The summed E-state index contributed by atoms with van der Waals surface area (Å²) in [5.41, 5.74) is 6.43. The van der Waals surface area contributed by atoms with E-state index in [9.17, 15) is 0 Å². The molecule has 0 aliphatic heterocycles. The van der Waals surface area contributed by atoms with Crippen LogP contribution in [0.5, 0.6) is 5.75 Å². The average molecular weight is 458 g/mol. The number of unbranched alkanes of at least 4 members (excludes halogenated alkanes) is 3. The fourth-order valence-electron chi connectivity index (χ4n) is 2.66. The fraction of sp³-hybridized carbons (Fsp3) is 0.750. The maximum atomic E-state index is 5.80. The predicted octanol–water partition coefficient (Wildman–Crippen LogP) is 3.33. The lowest BCUT2D eigenvalue weighted by atomic mass is 10.2. The molecule has 0 radical (unpaired) electrons. The Labute approximate surface area is 193 Å². The molecule has 0 bridgehead atoms. The molecule has 0 aromatic heterocycles. The molecule has 2 N–H and O–H groups in total. The largest absolute Gasteiger partial charge is 0.489 e. The Morgan fingerprint density at radius 2 is 0.969 bits per heavy atom. The molecule has 8 nitrogen and oxygen atoms in total. The average Bonchev–Trinajstić information content (AvgIpc) is 2.80. The van der Waals surface area contributed by atoms with E-state index in [0.29, 0.717) is 90.7 Å². The third-order valence-electron chi connectivity index (χ3n) is 4.41. The standard InChI is InChI=1S/C24H43NO7/c1-2-3-4-7-10-26-11-12-27-13-14-28-15-16-29-17-18-30-19-20-31-21-22-32-24-9-6-5-8-23(24)25/h5-6,8-9H,2-4,7,10-22,25H2,1H3. The number of nitrogens with two attached hydrogens (primary N) is 1. The van der Waals surface area contributed by atoms with E-state index < -0.39 is 0 Å². The molecule has 0 aliphatic carbocycles. The summed E-state index contributed by atoms with van der Waals surface area (Å²) in [6, 6.07) is 7.40. The summed E-state index contributed by atoms with van der Waals surface area (Å²) in [5.74, 6) is 0.680. The Bertz CT molecular complexity index is 519. The van der Waals surface area contributed by atoms with E-state index in [1.807, 2.05) is 18.2 Å². The number of anilines is 1. The molecule has 8 heteroatoms. The van der Waals surface area contributed by atoms with Gasteiger partial charge in [-0.2, -0.15) is 0 Å². The topological polar surface area (TPSA) is 90.6 Å². The number of rotatable bonds is 24. The maximum absolute atomic E-state index is 5.80. The van der Waals surface area contributed by atoms with Crippen molar-refractivity contribution in [1.82, 2.24) is 0 Å². The minimum absolute atomic E-state index is 0.454. The van der Waals surface area contributed by atoms with Gasteiger partial charge in [-0.3, -0.25) is 0 Å².